The third-order valence-electron chi connectivity index (χ3n) is 18.0. The molecule has 0 radical (unpaired) electrons. The van der Waals surface area contributed by atoms with Crippen molar-refractivity contribution in [3.05, 3.63) is 36.4 Å². The van der Waals surface area contributed by atoms with Crippen LogP contribution in [0.25, 0.3) is 0 Å². The average Bonchev–Trinajstić information content (AvgIpc) is 1.43. The number of nitrogens with one attached hydrogen (secondary N) is 16. The molecule has 24 N–H and O–H groups in total. The van der Waals surface area contributed by atoms with E-state index in [1.165, 1.54) is 25.0 Å². The van der Waals surface area contributed by atoms with Crippen LogP contribution in [0.15, 0.2) is 25.0 Å². The zero-order valence-corrected chi connectivity index (χ0v) is 65.2. The van der Waals surface area contributed by atoms with Gasteiger partial charge in [0, 0.05) is 62.9 Å². The van der Waals surface area contributed by atoms with E-state index in [0.717, 1.165) is 6.92 Å². The Kier molecular flexibility index (Phi) is 41.8. The molecule has 1 aliphatic heterocycles. The molecule has 15 amide bonds. The van der Waals surface area contributed by atoms with E-state index in [4.69, 9.17) is 11.5 Å². The molecule has 42 nitrogen and oxygen atoms in total. The normalized spacial score (nSPS) is 19.1. The number of hydrogen-bond acceptors (Lipinski definition) is 22. The van der Waals surface area contributed by atoms with E-state index in [0.29, 0.717) is 12.1 Å². The number of aromatic amines is 2. The lowest BCUT2D eigenvalue weighted by atomic mass is 9.95. The highest BCUT2D eigenvalue weighted by molar-refractivity contribution is 6.01. The molecule has 113 heavy (non-hydrogen) atoms. The number of aliphatic carboxylic acids is 3. The van der Waals surface area contributed by atoms with E-state index in [2.05, 4.69) is 89.1 Å². The Balaban J connectivity index is 2.16. The van der Waals surface area contributed by atoms with Crippen molar-refractivity contribution in [1.29, 1.82) is 0 Å². The summed E-state index contributed by atoms with van der Waals surface area (Å²) >= 11 is 0. The number of aromatic nitrogens is 4. The van der Waals surface area contributed by atoms with Gasteiger partial charge in [0.15, 0.2) is 0 Å². The lowest BCUT2D eigenvalue weighted by Crippen LogP contribution is -2.62. The molecule has 1 fully saturated rings. The van der Waals surface area contributed by atoms with E-state index in [1.54, 1.807) is 55.4 Å². The van der Waals surface area contributed by atoms with Gasteiger partial charge in [-0.1, -0.05) is 61.8 Å². The fourth-order valence-electron chi connectivity index (χ4n) is 11.8. The van der Waals surface area contributed by atoms with Gasteiger partial charge in [-0.15, -0.1) is 0 Å². The SMILES string of the molecule is CC[C@H](C)[C@@H]1NC(=O)[C@@H](NC(=O)[C@H](Cc2cnc[nH]2)NC(=O)[C@H](CCCCN)NC(=O)[C@H](CCC(=O)O)NC(C)=O)CCCCNC(=O)C[C@@H](C(=O)N[C@@H](CC(C)C)C(=O)N[C@@H](CC(C)C)C(=O)N[C@@H](CCC(N)=O)C(=O)N[C@@H](CC(=O)O)C(=O)N[C@@H](CO)C(=O)O)NC(=O)[C@H](Cc2cnc[nH]2)NC(=O)[C@H](CC(C)C)NC1=O. The Labute approximate surface area is 653 Å². The Morgan fingerprint density at radius 3 is 1.58 bits per heavy atom. The van der Waals surface area contributed by atoms with Crippen LogP contribution in [0.5, 0.6) is 0 Å². The summed E-state index contributed by atoms with van der Waals surface area (Å²) < 4.78 is 0. The Hall–Kier alpha value is -11.2. The van der Waals surface area contributed by atoms with Crippen molar-refractivity contribution in [3.8, 4) is 0 Å². The van der Waals surface area contributed by atoms with E-state index in [1.807, 2.05) is 5.32 Å². The maximum absolute atomic E-state index is 15.0. The van der Waals surface area contributed by atoms with Crippen molar-refractivity contribution < 1.29 is 107 Å². The van der Waals surface area contributed by atoms with Crippen LogP contribution in [0.2, 0.25) is 0 Å². The van der Waals surface area contributed by atoms with Gasteiger partial charge >= 0.3 is 17.9 Å². The first-order valence-electron chi connectivity index (χ1n) is 37.6. The number of unbranched alkanes of at least 4 members (excludes halogenated alkanes) is 1. The first kappa shape index (κ1) is 96.0. The monoisotopic (exact) mass is 1600 g/mol. The third kappa shape index (κ3) is 35.8. The van der Waals surface area contributed by atoms with Gasteiger partial charge in [0.25, 0.3) is 0 Å². The van der Waals surface area contributed by atoms with Crippen LogP contribution in [0.3, 0.4) is 0 Å². The van der Waals surface area contributed by atoms with Crippen LogP contribution < -0.4 is 85.9 Å². The molecule has 0 bridgehead atoms. The van der Waals surface area contributed by atoms with E-state index < -0.39 is 242 Å². The van der Waals surface area contributed by atoms with Crippen LogP contribution in [-0.2, 0) is 99.1 Å². The molecule has 1 saturated heterocycles. The Morgan fingerprint density at radius 1 is 0.549 bits per heavy atom. The van der Waals surface area contributed by atoms with Gasteiger partial charge in [0.1, 0.15) is 78.5 Å². The number of hydrogen-bond donors (Lipinski definition) is 22. The van der Waals surface area contributed by atoms with Crippen molar-refractivity contribution in [2.75, 3.05) is 19.7 Å². The number of amides is 15. The maximum atomic E-state index is 15.0. The van der Waals surface area contributed by atoms with Gasteiger partial charge in [-0.2, -0.15) is 0 Å². The molecule has 2 aromatic rings. The highest BCUT2D eigenvalue weighted by atomic mass is 16.4. The summed E-state index contributed by atoms with van der Waals surface area (Å²) in [4.78, 5) is 261. The molecule has 14 atom stereocenters. The maximum Gasteiger partial charge on any atom is 0.328 e. The number of carbonyl (C=O) groups excluding carboxylic acids is 15. The predicted octanol–water partition coefficient (Wildman–Crippen LogP) is -5.07. The molecule has 2 aromatic heterocycles. The number of primary amides is 1. The number of aliphatic hydroxyl groups is 1. The van der Waals surface area contributed by atoms with Crippen molar-refractivity contribution in [2.24, 2.45) is 35.1 Å². The molecule has 0 aliphatic carbocycles. The minimum Gasteiger partial charge on any atom is -0.481 e. The first-order valence-corrected chi connectivity index (χ1v) is 37.6. The molecule has 0 unspecified atom stereocenters. The summed E-state index contributed by atoms with van der Waals surface area (Å²) in [6.07, 6.45) is 1.01. The summed E-state index contributed by atoms with van der Waals surface area (Å²) in [6, 6.07) is -21.1. The van der Waals surface area contributed by atoms with Crippen LogP contribution in [0, 0.1) is 23.7 Å². The molecule has 0 saturated carbocycles. The fourth-order valence-corrected chi connectivity index (χ4v) is 11.8. The standard InChI is InChI=1S/C71H114N20O22/c1-10-38(8)58-70(111)89-48(25-37(6)7)65(106)86-50(27-41-31-75-34-78-41)67(108)87-51(68(109)84-47(24-36(4)5)64(105)83-46(23-35(2)3)63(104)82-45(17-19-54(73)94)61(102)88-52(29-57(98)99)69(110)90-53(32-92)71(112)113)28-55(95)76-22-14-12-16-43(62(103)91-58)81-66(107)49(26-40-30-74-33-77-40)85-59(100)42(15-11-13-21-72)80-60(101)44(79-39(9)93)18-20-56(96)97/h30-31,33-38,42-53,58,92H,10-29,32,72H2,1-9H3,(H2,73,94)(H,74,77)(H,75,78)(H,76,95)(H,79,93)(H,80,101)(H,81,107)(H,82,104)(H,83,105)(H,84,109)(H,85,100)(H,86,106)(H,87,108)(H,88,102)(H,89,111)(H,90,110)(H,91,103)(H,96,97)(H,98,99)(H,112,113)/t38-,42-,43-,44-,45-,46-,47-,48-,49-,50-,51-,52-,53-,58-/m0/s1. The smallest absolute Gasteiger partial charge is 0.328 e. The van der Waals surface area contributed by atoms with Gasteiger partial charge in [0.2, 0.25) is 88.6 Å². The number of imidazole rings is 2. The molecule has 1 aliphatic rings. The summed E-state index contributed by atoms with van der Waals surface area (Å²) in [5.74, 6) is -21.3. The Morgan fingerprint density at radius 2 is 1.06 bits per heavy atom. The second-order valence-electron chi connectivity index (χ2n) is 29.1. The fraction of sp³-hybridized carbons (Fsp3) is 0.662. The van der Waals surface area contributed by atoms with Gasteiger partial charge < -0.3 is 116 Å². The average molecular weight is 1600 g/mol. The number of H-pyrrole nitrogens is 2. The lowest BCUT2D eigenvalue weighted by molar-refractivity contribution is -0.144. The topological polar surface area (TPSA) is 666 Å². The van der Waals surface area contributed by atoms with Crippen molar-refractivity contribution in [3.63, 3.8) is 0 Å². The quantitative estimate of drug-likeness (QED) is 0.0276. The Bertz CT molecular complexity index is 3560. The second kappa shape index (κ2) is 49.2. The van der Waals surface area contributed by atoms with E-state index in [-0.39, 0.29) is 102 Å². The third-order valence-corrected chi connectivity index (χ3v) is 18.0. The van der Waals surface area contributed by atoms with Crippen LogP contribution in [0.4, 0.5) is 0 Å². The van der Waals surface area contributed by atoms with Crippen molar-refractivity contribution in [2.45, 2.75) is 256 Å². The summed E-state index contributed by atoms with van der Waals surface area (Å²) in [5.41, 5.74) is 11.8. The lowest BCUT2D eigenvalue weighted by Gasteiger charge is -2.30. The molecule has 3 heterocycles. The van der Waals surface area contributed by atoms with Gasteiger partial charge in [0.05, 0.1) is 32.1 Å². The van der Waals surface area contributed by atoms with E-state index in [9.17, 15) is 107 Å². The summed E-state index contributed by atoms with van der Waals surface area (Å²) in [6.45, 7) is 13.5. The van der Waals surface area contributed by atoms with Crippen molar-refractivity contribution >= 4 is 107 Å². The molecular weight excluding hydrogens is 1480 g/mol. The number of nitrogens with two attached hydrogens (primary N) is 2. The zero-order chi connectivity index (χ0) is 84.8. The van der Waals surface area contributed by atoms with Gasteiger partial charge in [-0.25, -0.2) is 14.8 Å². The number of nitrogens with zero attached hydrogens (tertiary/aromatic N) is 2. The largest absolute Gasteiger partial charge is 0.481 e. The highest BCUT2D eigenvalue weighted by Gasteiger charge is 2.40. The molecule has 0 aromatic carbocycles. The zero-order valence-electron chi connectivity index (χ0n) is 65.2. The van der Waals surface area contributed by atoms with Gasteiger partial charge in [-0.3, -0.25) is 81.5 Å². The molecule has 42 heteroatoms. The first-order chi connectivity index (χ1) is 53.2. The second-order valence-corrected chi connectivity index (χ2v) is 29.1. The summed E-state index contributed by atoms with van der Waals surface area (Å²) in [5, 5.41) is 73.1. The summed E-state index contributed by atoms with van der Waals surface area (Å²) in [7, 11) is 0. The number of carbonyl (C=O) groups is 18. The molecular formula is C71H114N20O22. The van der Waals surface area contributed by atoms with Crippen LogP contribution in [-0.4, -0.2) is 245 Å². The molecule has 3 rings (SSSR count). The number of rotatable bonds is 43. The number of carboxylic acids is 3. The van der Waals surface area contributed by atoms with Crippen molar-refractivity contribution in [1.82, 2.24) is 94.4 Å². The number of carboxylic acid groups (broad SMARTS) is 3. The predicted molar refractivity (Wildman–Crippen MR) is 400 cm³/mol. The minimum atomic E-state index is -2.01. The van der Waals surface area contributed by atoms with Crippen LogP contribution >= 0.6 is 0 Å². The van der Waals surface area contributed by atoms with E-state index >= 15 is 0 Å². The number of aliphatic hydroxyl groups excluding tert-OH is 1. The minimum absolute atomic E-state index is 0.0211. The van der Waals surface area contributed by atoms with Crippen LogP contribution in [0.1, 0.15) is 176 Å². The molecule has 630 valence electrons. The van der Waals surface area contributed by atoms with Gasteiger partial charge in [-0.05, 0) is 101 Å². The highest BCUT2D eigenvalue weighted by Crippen LogP contribution is 2.17. The molecule has 0 spiro atoms.